The van der Waals surface area contributed by atoms with Crippen LogP contribution in [0, 0.1) is 6.92 Å². The maximum atomic E-state index is 11.8. The van der Waals surface area contributed by atoms with E-state index in [1.165, 1.54) is 0 Å². The number of nitrogens with zero attached hydrogens (tertiary/aromatic N) is 4. The fourth-order valence-corrected chi connectivity index (χ4v) is 4.25. The highest BCUT2D eigenvalue weighted by molar-refractivity contribution is 5.90. The van der Waals surface area contributed by atoms with Gasteiger partial charge < -0.3 is 20.7 Å². The Bertz CT molecular complexity index is 1060. The van der Waals surface area contributed by atoms with E-state index in [-0.39, 0.29) is 18.1 Å². The Labute approximate surface area is 188 Å². The van der Waals surface area contributed by atoms with Crippen LogP contribution in [0.15, 0.2) is 30.3 Å². The Balaban J connectivity index is 1.57. The fraction of sp³-hybridized carbons (Fsp3) is 0.478. The van der Waals surface area contributed by atoms with Crippen molar-refractivity contribution in [3.05, 3.63) is 41.9 Å². The van der Waals surface area contributed by atoms with Crippen LogP contribution < -0.4 is 16.0 Å². The van der Waals surface area contributed by atoms with Gasteiger partial charge in [-0.1, -0.05) is 18.2 Å². The van der Waals surface area contributed by atoms with Gasteiger partial charge in [-0.15, -0.1) is 0 Å². The zero-order valence-electron chi connectivity index (χ0n) is 18.9. The standard InChI is InChI=1S/C23H31N7O2/c1-4-24-23(31)26-17-12-10-16(11-13-17)25-21-20-15(2)29-30(18-8-6-5-7-9-18)22(20)28-19(27-21)14-32-3/h5-9,16-17H,4,10-14H2,1-3H3,(H2,24,26,31)(H,25,27,28). The van der Waals surface area contributed by atoms with E-state index in [1.54, 1.807) is 7.11 Å². The molecule has 1 fully saturated rings. The molecule has 2 heterocycles. The number of hydrogen-bond donors (Lipinski definition) is 3. The number of aromatic nitrogens is 4. The average Bonchev–Trinajstić information content (AvgIpc) is 3.13. The molecule has 3 aromatic rings. The molecule has 0 bridgehead atoms. The van der Waals surface area contributed by atoms with Gasteiger partial charge in [-0.2, -0.15) is 5.10 Å². The third-order valence-corrected chi connectivity index (χ3v) is 5.76. The Hall–Kier alpha value is -3.20. The van der Waals surface area contributed by atoms with Crippen molar-refractivity contribution in [2.45, 2.75) is 58.2 Å². The summed E-state index contributed by atoms with van der Waals surface area (Å²) in [6.45, 7) is 4.86. The number of ether oxygens (including phenoxy) is 1. The lowest BCUT2D eigenvalue weighted by molar-refractivity contribution is 0.178. The quantitative estimate of drug-likeness (QED) is 0.524. The number of urea groups is 1. The van der Waals surface area contributed by atoms with Gasteiger partial charge >= 0.3 is 6.03 Å². The summed E-state index contributed by atoms with van der Waals surface area (Å²) in [4.78, 5) is 21.3. The highest BCUT2D eigenvalue weighted by Gasteiger charge is 2.25. The molecule has 3 N–H and O–H groups in total. The minimum Gasteiger partial charge on any atom is -0.377 e. The molecule has 0 aliphatic heterocycles. The Kier molecular flexibility index (Phi) is 6.84. The highest BCUT2D eigenvalue weighted by Crippen LogP contribution is 2.29. The molecule has 1 aromatic carbocycles. The van der Waals surface area contributed by atoms with Crippen molar-refractivity contribution in [1.29, 1.82) is 0 Å². The summed E-state index contributed by atoms with van der Waals surface area (Å²) in [5, 5.41) is 15.2. The maximum absolute atomic E-state index is 11.8. The lowest BCUT2D eigenvalue weighted by atomic mass is 9.91. The first-order chi connectivity index (χ1) is 15.6. The van der Waals surface area contributed by atoms with Crippen molar-refractivity contribution >= 4 is 22.9 Å². The lowest BCUT2D eigenvalue weighted by Crippen LogP contribution is -2.44. The average molecular weight is 438 g/mol. The molecule has 9 heteroatoms. The third-order valence-electron chi connectivity index (χ3n) is 5.76. The van der Waals surface area contributed by atoms with Gasteiger partial charge in [0.1, 0.15) is 12.4 Å². The van der Waals surface area contributed by atoms with Gasteiger partial charge in [0.25, 0.3) is 0 Å². The van der Waals surface area contributed by atoms with Crippen LogP contribution in [0.4, 0.5) is 10.6 Å². The topological polar surface area (TPSA) is 106 Å². The molecule has 1 aliphatic rings. The second-order valence-corrected chi connectivity index (χ2v) is 8.15. The summed E-state index contributed by atoms with van der Waals surface area (Å²) in [7, 11) is 1.64. The number of fused-ring (bicyclic) bond motifs is 1. The maximum Gasteiger partial charge on any atom is 0.314 e. The Morgan fingerprint density at radius 3 is 2.53 bits per heavy atom. The zero-order chi connectivity index (χ0) is 22.5. The van der Waals surface area contributed by atoms with Crippen molar-refractivity contribution in [1.82, 2.24) is 30.4 Å². The summed E-state index contributed by atoms with van der Waals surface area (Å²) < 4.78 is 7.18. The smallest absolute Gasteiger partial charge is 0.314 e. The number of amides is 2. The number of aryl methyl sites for hydroxylation is 1. The fourth-order valence-electron chi connectivity index (χ4n) is 4.25. The van der Waals surface area contributed by atoms with Gasteiger partial charge in [-0.05, 0) is 51.7 Å². The van der Waals surface area contributed by atoms with Crippen molar-refractivity contribution in [3.8, 4) is 5.69 Å². The molecule has 1 saturated carbocycles. The summed E-state index contributed by atoms with van der Waals surface area (Å²) in [5.74, 6) is 1.41. The molecule has 170 valence electrons. The second kappa shape index (κ2) is 9.95. The monoisotopic (exact) mass is 437 g/mol. The van der Waals surface area contributed by atoms with Crippen LogP contribution in [-0.4, -0.2) is 51.5 Å². The van der Waals surface area contributed by atoms with Gasteiger partial charge in [0.2, 0.25) is 0 Å². The first-order valence-corrected chi connectivity index (χ1v) is 11.2. The molecule has 0 atom stereocenters. The second-order valence-electron chi connectivity index (χ2n) is 8.15. The van der Waals surface area contributed by atoms with E-state index in [9.17, 15) is 4.79 Å². The number of hydrogen-bond acceptors (Lipinski definition) is 6. The number of benzene rings is 1. The van der Waals surface area contributed by atoms with Gasteiger partial charge in [0.15, 0.2) is 11.5 Å². The van der Waals surface area contributed by atoms with Crippen molar-refractivity contribution in [3.63, 3.8) is 0 Å². The van der Waals surface area contributed by atoms with Crippen LogP contribution in [0.1, 0.15) is 44.1 Å². The van der Waals surface area contributed by atoms with Crippen LogP contribution in [0.3, 0.4) is 0 Å². The third kappa shape index (κ3) is 4.83. The first-order valence-electron chi connectivity index (χ1n) is 11.2. The number of carbonyl (C=O) groups excluding carboxylic acids is 1. The number of para-hydroxylation sites is 1. The minimum absolute atomic E-state index is 0.0884. The number of methoxy groups -OCH3 is 1. The molecule has 2 amide bonds. The highest BCUT2D eigenvalue weighted by atomic mass is 16.5. The van der Waals surface area contributed by atoms with E-state index < -0.39 is 0 Å². The van der Waals surface area contributed by atoms with Gasteiger partial charge in [0, 0.05) is 25.7 Å². The van der Waals surface area contributed by atoms with Gasteiger partial charge in [-0.25, -0.2) is 19.4 Å². The molecule has 0 radical (unpaired) electrons. The van der Waals surface area contributed by atoms with E-state index in [4.69, 9.17) is 19.8 Å². The predicted octanol–water partition coefficient (Wildman–Crippen LogP) is 3.31. The number of carbonyl (C=O) groups is 1. The van der Waals surface area contributed by atoms with Crippen molar-refractivity contribution < 1.29 is 9.53 Å². The number of rotatable bonds is 7. The molecule has 0 unspecified atom stereocenters. The summed E-state index contributed by atoms with van der Waals surface area (Å²) in [5.41, 5.74) is 2.60. The summed E-state index contributed by atoms with van der Waals surface area (Å²) in [6.07, 6.45) is 3.76. The molecule has 0 saturated heterocycles. The van der Waals surface area contributed by atoms with Crippen LogP contribution >= 0.6 is 0 Å². The van der Waals surface area contributed by atoms with Crippen molar-refractivity contribution in [2.24, 2.45) is 0 Å². The lowest BCUT2D eigenvalue weighted by Gasteiger charge is -2.30. The molecule has 1 aliphatic carbocycles. The van der Waals surface area contributed by atoms with Crippen LogP contribution in [-0.2, 0) is 11.3 Å². The Morgan fingerprint density at radius 2 is 1.84 bits per heavy atom. The van der Waals surface area contributed by atoms with E-state index in [2.05, 4.69) is 16.0 Å². The molecule has 32 heavy (non-hydrogen) atoms. The largest absolute Gasteiger partial charge is 0.377 e. The molecule has 2 aromatic heterocycles. The van der Waals surface area contributed by atoms with E-state index in [0.29, 0.717) is 19.0 Å². The van der Waals surface area contributed by atoms with Crippen LogP contribution in [0.2, 0.25) is 0 Å². The summed E-state index contributed by atoms with van der Waals surface area (Å²) >= 11 is 0. The molecule has 0 spiro atoms. The normalized spacial score (nSPS) is 18.5. The Morgan fingerprint density at radius 1 is 1.12 bits per heavy atom. The SMILES string of the molecule is CCNC(=O)NC1CCC(Nc2nc(COC)nc3c2c(C)nn3-c2ccccc2)CC1. The van der Waals surface area contributed by atoms with Gasteiger partial charge in [0.05, 0.1) is 16.8 Å². The van der Waals surface area contributed by atoms with E-state index in [0.717, 1.165) is 53.9 Å². The molecule has 4 rings (SSSR count). The van der Waals surface area contributed by atoms with E-state index in [1.807, 2.05) is 48.9 Å². The van der Waals surface area contributed by atoms with Gasteiger partial charge in [-0.3, -0.25) is 0 Å². The van der Waals surface area contributed by atoms with E-state index >= 15 is 0 Å². The summed E-state index contributed by atoms with van der Waals surface area (Å²) in [6, 6.07) is 10.4. The predicted molar refractivity (Wildman–Crippen MR) is 124 cm³/mol. The minimum atomic E-state index is -0.0884. The first kappa shape index (κ1) is 22.0. The van der Waals surface area contributed by atoms with Crippen LogP contribution in [0.5, 0.6) is 0 Å². The number of anilines is 1. The van der Waals surface area contributed by atoms with Crippen LogP contribution in [0.25, 0.3) is 16.7 Å². The van der Waals surface area contributed by atoms with Crippen molar-refractivity contribution in [2.75, 3.05) is 19.0 Å². The zero-order valence-corrected chi connectivity index (χ0v) is 18.9. The molecular weight excluding hydrogens is 406 g/mol. The molecular formula is C23H31N7O2. The number of nitrogens with one attached hydrogen (secondary N) is 3. The molecule has 9 nitrogen and oxygen atoms in total.